The summed E-state index contributed by atoms with van der Waals surface area (Å²) >= 11 is 0. The fourth-order valence-corrected chi connectivity index (χ4v) is 2.44. The summed E-state index contributed by atoms with van der Waals surface area (Å²) in [7, 11) is 0. The standard InChI is InChI=1S/C21H24N2O6/c24-19(25)12-11-18(23-21(27)29-15-17-9-5-2-6-10-17)13-22-20(26)28-14-16-7-3-1-4-8-16/h1-10,18H,11-15H2,(H,22,26)(H,23,27)(H,24,25). The summed E-state index contributed by atoms with van der Waals surface area (Å²) in [4.78, 5) is 34.7. The third-order valence-electron chi connectivity index (χ3n) is 3.95. The number of amides is 2. The van der Waals surface area contributed by atoms with Crippen molar-refractivity contribution in [2.24, 2.45) is 0 Å². The van der Waals surface area contributed by atoms with Crippen molar-refractivity contribution in [3.8, 4) is 0 Å². The molecule has 0 radical (unpaired) electrons. The van der Waals surface area contributed by atoms with Crippen LogP contribution in [0.2, 0.25) is 0 Å². The zero-order chi connectivity index (χ0) is 20.9. The Bertz CT molecular complexity index is 782. The third kappa shape index (κ3) is 9.28. The van der Waals surface area contributed by atoms with E-state index in [2.05, 4.69) is 10.6 Å². The van der Waals surface area contributed by atoms with Crippen LogP contribution in [0, 0.1) is 0 Å². The molecule has 2 rings (SSSR count). The molecule has 0 saturated carbocycles. The number of hydrogen-bond acceptors (Lipinski definition) is 5. The minimum Gasteiger partial charge on any atom is -0.481 e. The van der Waals surface area contributed by atoms with Gasteiger partial charge < -0.3 is 25.2 Å². The second-order valence-electron chi connectivity index (χ2n) is 6.28. The molecular weight excluding hydrogens is 376 g/mol. The van der Waals surface area contributed by atoms with Crippen molar-refractivity contribution in [3.63, 3.8) is 0 Å². The minimum atomic E-state index is -0.999. The van der Waals surface area contributed by atoms with Crippen molar-refractivity contribution in [3.05, 3.63) is 71.8 Å². The number of benzene rings is 2. The van der Waals surface area contributed by atoms with Crippen LogP contribution in [-0.2, 0) is 27.5 Å². The molecule has 0 aliphatic carbocycles. The van der Waals surface area contributed by atoms with Gasteiger partial charge >= 0.3 is 18.2 Å². The number of alkyl carbamates (subject to hydrolysis) is 2. The number of carbonyl (C=O) groups excluding carboxylic acids is 2. The van der Waals surface area contributed by atoms with E-state index in [4.69, 9.17) is 14.6 Å². The molecule has 1 atom stereocenters. The van der Waals surface area contributed by atoms with Gasteiger partial charge in [-0.15, -0.1) is 0 Å². The van der Waals surface area contributed by atoms with E-state index in [9.17, 15) is 14.4 Å². The fraction of sp³-hybridized carbons (Fsp3) is 0.286. The van der Waals surface area contributed by atoms with Crippen LogP contribution in [0.25, 0.3) is 0 Å². The van der Waals surface area contributed by atoms with Gasteiger partial charge in [0, 0.05) is 13.0 Å². The quantitative estimate of drug-likeness (QED) is 0.565. The molecule has 2 aromatic carbocycles. The number of carboxylic acid groups (broad SMARTS) is 1. The van der Waals surface area contributed by atoms with E-state index in [1.165, 1.54) is 0 Å². The first-order valence-corrected chi connectivity index (χ1v) is 9.16. The van der Waals surface area contributed by atoms with E-state index in [-0.39, 0.29) is 32.6 Å². The Morgan fingerprint density at radius 3 is 1.86 bits per heavy atom. The molecule has 2 amide bonds. The number of rotatable bonds is 10. The number of aliphatic carboxylic acids is 1. The SMILES string of the molecule is O=C(O)CCC(CNC(=O)OCc1ccccc1)NC(=O)OCc1ccccc1. The summed E-state index contributed by atoms with van der Waals surface area (Å²) in [5.74, 6) is -0.999. The Balaban J connectivity index is 1.77. The van der Waals surface area contributed by atoms with Crippen molar-refractivity contribution in [2.75, 3.05) is 6.54 Å². The van der Waals surface area contributed by atoms with Crippen molar-refractivity contribution in [1.29, 1.82) is 0 Å². The summed E-state index contributed by atoms with van der Waals surface area (Å²) < 4.78 is 10.2. The average Bonchev–Trinajstić information content (AvgIpc) is 2.74. The molecular formula is C21H24N2O6. The normalized spacial score (nSPS) is 11.2. The number of carboxylic acids is 1. The second kappa shape index (κ2) is 12.0. The van der Waals surface area contributed by atoms with Crippen LogP contribution in [-0.4, -0.2) is 35.8 Å². The monoisotopic (exact) mass is 400 g/mol. The number of hydrogen-bond donors (Lipinski definition) is 3. The van der Waals surface area contributed by atoms with Crippen LogP contribution in [0.4, 0.5) is 9.59 Å². The van der Waals surface area contributed by atoms with E-state index < -0.39 is 24.2 Å². The van der Waals surface area contributed by atoms with Crippen molar-refractivity contribution < 1.29 is 29.0 Å². The van der Waals surface area contributed by atoms with Crippen LogP contribution in [0.5, 0.6) is 0 Å². The summed E-state index contributed by atoms with van der Waals surface area (Å²) in [6.07, 6.45) is -1.38. The van der Waals surface area contributed by atoms with Crippen LogP contribution >= 0.6 is 0 Å². The van der Waals surface area contributed by atoms with Crippen LogP contribution in [0.3, 0.4) is 0 Å². The number of ether oxygens (including phenoxy) is 2. The van der Waals surface area contributed by atoms with Crippen LogP contribution in [0.1, 0.15) is 24.0 Å². The topological polar surface area (TPSA) is 114 Å². The molecule has 0 fully saturated rings. The van der Waals surface area contributed by atoms with Crippen molar-refractivity contribution in [2.45, 2.75) is 32.1 Å². The lowest BCUT2D eigenvalue weighted by Crippen LogP contribution is -2.44. The molecule has 0 heterocycles. The molecule has 3 N–H and O–H groups in total. The number of carbonyl (C=O) groups is 3. The van der Waals surface area contributed by atoms with Gasteiger partial charge in [-0.2, -0.15) is 0 Å². The zero-order valence-corrected chi connectivity index (χ0v) is 15.9. The Kier molecular flexibility index (Phi) is 9.01. The maximum absolute atomic E-state index is 12.0. The lowest BCUT2D eigenvalue weighted by molar-refractivity contribution is -0.137. The van der Waals surface area contributed by atoms with E-state index in [1.54, 1.807) is 0 Å². The Labute approximate surface area is 168 Å². The maximum Gasteiger partial charge on any atom is 0.407 e. The van der Waals surface area contributed by atoms with E-state index in [0.29, 0.717) is 0 Å². The molecule has 0 aromatic heterocycles. The summed E-state index contributed by atoms with van der Waals surface area (Å²) in [6, 6.07) is 17.7. The molecule has 29 heavy (non-hydrogen) atoms. The zero-order valence-electron chi connectivity index (χ0n) is 15.9. The van der Waals surface area contributed by atoms with Gasteiger partial charge in [0.1, 0.15) is 13.2 Å². The first kappa shape index (κ1) is 21.7. The average molecular weight is 400 g/mol. The third-order valence-corrected chi connectivity index (χ3v) is 3.95. The van der Waals surface area contributed by atoms with Gasteiger partial charge in [0.05, 0.1) is 6.04 Å². The van der Waals surface area contributed by atoms with Crippen LogP contribution in [0.15, 0.2) is 60.7 Å². The van der Waals surface area contributed by atoms with Gasteiger partial charge in [0.15, 0.2) is 0 Å². The molecule has 0 aliphatic rings. The highest BCUT2D eigenvalue weighted by atomic mass is 16.6. The second-order valence-corrected chi connectivity index (χ2v) is 6.28. The molecule has 2 aromatic rings. The van der Waals surface area contributed by atoms with Crippen molar-refractivity contribution in [1.82, 2.24) is 10.6 Å². The molecule has 0 aliphatic heterocycles. The predicted molar refractivity (Wildman–Crippen MR) is 105 cm³/mol. The first-order valence-electron chi connectivity index (χ1n) is 9.16. The summed E-state index contributed by atoms with van der Waals surface area (Å²) in [6.45, 7) is 0.214. The molecule has 154 valence electrons. The molecule has 1 unspecified atom stereocenters. The van der Waals surface area contributed by atoms with E-state index >= 15 is 0 Å². The largest absolute Gasteiger partial charge is 0.481 e. The summed E-state index contributed by atoms with van der Waals surface area (Å²) in [5, 5.41) is 14.0. The summed E-state index contributed by atoms with van der Waals surface area (Å²) in [5.41, 5.74) is 1.67. The lowest BCUT2D eigenvalue weighted by atomic mass is 10.1. The van der Waals surface area contributed by atoms with Crippen LogP contribution < -0.4 is 10.6 Å². The smallest absolute Gasteiger partial charge is 0.407 e. The van der Waals surface area contributed by atoms with Gasteiger partial charge in [-0.25, -0.2) is 9.59 Å². The van der Waals surface area contributed by atoms with E-state index in [1.807, 2.05) is 60.7 Å². The molecule has 0 saturated heterocycles. The minimum absolute atomic E-state index is 0.0152. The molecule has 0 spiro atoms. The lowest BCUT2D eigenvalue weighted by Gasteiger charge is -2.18. The van der Waals surface area contributed by atoms with Gasteiger partial charge in [0.2, 0.25) is 0 Å². The van der Waals surface area contributed by atoms with E-state index in [0.717, 1.165) is 11.1 Å². The highest BCUT2D eigenvalue weighted by Crippen LogP contribution is 2.03. The Hall–Kier alpha value is -3.55. The molecule has 8 heteroatoms. The van der Waals surface area contributed by atoms with Crippen molar-refractivity contribution >= 4 is 18.2 Å². The highest BCUT2D eigenvalue weighted by Gasteiger charge is 2.16. The molecule has 8 nitrogen and oxygen atoms in total. The molecule has 0 bridgehead atoms. The Morgan fingerprint density at radius 2 is 1.34 bits per heavy atom. The fourth-order valence-electron chi connectivity index (χ4n) is 2.44. The predicted octanol–water partition coefficient (Wildman–Crippen LogP) is 3.07. The van der Waals surface area contributed by atoms with Gasteiger partial charge in [0.25, 0.3) is 0 Å². The van der Waals surface area contributed by atoms with Gasteiger partial charge in [-0.3, -0.25) is 4.79 Å². The van der Waals surface area contributed by atoms with Gasteiger partial charge in [-0.05, 0) is 17.5 Å². The first-order chi connectivity index (χ1) is 14.0. The number of nitrogens with one attached hydrogen (secondary N) is 2. The highest BCUT2D eigenvalue weighted by molar-refractivity contribution is 5.70. The maximum atomic E-state index is 12.0. The van der Waals surface area contributed by atoms with Gasteiger partial charge in [-0.1, -0.05) is 60.7 Å². The Morgan fingerprint density at radius 1 is 0.828 bits per heavy atom.